The van der Waals surface area contributed by atoms with Gasteiger partial charge < -0.3 is 14.8 Å². The van der Waals surface area contributed by atoms with Crippen molar-refractivity contribution in [2.24, 2.45) is 0 Å². The van der Waals surface area contributed by atoms with E-state index in [0.29, 0.717) is 5.75 Å². The molecule has 1 aromatic carbocycles. The fourth-order valence-electron chi connectivity index (χ4n) is 1.48. The summed E-state index contributed by atoms with van der Waals surface area (Å²) in [6.07, 6.45) is 2.94. The first-order chi connectivity index (χ1) is 9.90. The minimum absolute atomic E-state index is 0.162. The lowest BCUT2D eigenvalue weighted by Crippen LogP contribution is -2.39. The Bertz CT molecular complexity index is 454. The van der Waals surface area contributed by atoms with E-state index in [1.165, 1.54) is 0 Å². The van der Waals surface area contributed by atoms with Crippen LogP contribution in [0.2, 0.25) is 0 Å². The summed E-state index contributed by atoms with van der Waals surface area (Å²) >= 11 is 1.66. The van der Waals surface area contributed by atoms with Crippen LogP contribution in [0.4, 0.5) is 4.79 Å². The number of benzene rings is 1. The van der Waals surface area contributed by atoms with Gasteiger partial charge in [-0.3, -0.25) is 0 Å². The van der Waals surface area contributed by atoms with E-state index in [9.17, 15) is 4.79 Å². The van der Waals surface area contributed by atoms with Gasteiger partial charge in [0.2, 0.25) is 0 Å². The van der Waals surface area contributed by atoms with Gasteiger partial charge in [0.1, 0.15) is 5.60 Å². The summed E-state index contributed by atoms with van der Waals surface area (Å²) in [4.78, 5) is 13.0. The lowest BCUT2D eigenvalue weighted by Gasteiger charge is -2.22. The number of thioether (sulfide) groups is 1. The van der Waals surface area contributed by atoms with Gasteiger partial charge in [0, 0.05) is 10.6 Å². The van der Waals surface area contributed by atoms with Gasteiger partial charge in [0.05, 0.1) is 19.4 Å². The zero-order valence-corrected chi connectivity index (χ0v) is 13.8. The predicted octanol–water partition coefficient (Wildman–Crippen LogP) is 3.83. The zero-order chi connectivity index (χ0) is 15.7. The topological polar surface area (TPSA) is 47.6 Å². The molecule has 0 fully saturated rings. The molecular formula is C16H23NO3S. The van der Waals surface area contributed by atoms with Gasteiger partial charge in [-0.15, -0.1) is 11.8 Å². The van der Waals surface area contributed by atoms with Crippen molar-refractivity contribution in [3.8, 4) is 0 Å². The summed E-state index contributed by atoms with van der Waals surface area (Å²) in [5, 5.41) is 2.83. The minimum Gasteiger partial charge on any atom is -0.505 e. The number of amides is 1. The molecule has 1 aromatic rings. The van der Waals surface area contributed by atoms with Crippen LogP contribution in [-0.2, 0) is 9.47 Å². The van der Waals surface area contributed by atoms with E-state index < -0.39 is 11.7 Å². The number of carbonyl (C=O) groups excluding carboxylic acids is 1. The molecule has 4 nitrogen and oxygen atoms in total. The Labute approximate surface area is 130 Å². The number of carbonyl (C=O) groups is 1. The molecule has 0 aliphatic carbocycles. The summed E-state index contributed by atoms with van der Waals surface area (Å²) in [5.41, 5.74) is -0.508. The van der Waals surface area contributed by atoms with Gasteiger partial charge in [0.15, 0.2) is 0 Å². The standard InChI is InChI=1S/C16H23NO3S/c1-16(2,3)20-15(18)17-13(10-11-19-4)12-21-14-8-6-5-7-9-14/h5-11,13H,12H2,1-4H3,(H,17,18)/b11-10+/t13-/m1/s1. The van der Waals surface area contributed by atoms with Crippen molar-refractivity contribution in [1.82, 2.24) is 5.32 Å². The average molecular weight is 309 g/mol. The molecule has 21 heavy (non-hydrogen) atoms. The van der Waals surface area contributed by atoms with Crippen LogP contribution in [0.1, 0.15) is 20.8 Å². The van der Waals surface area contributed by atoms with Gasteiger partial charge in [-0.1, -0.05) is 18.2 Å². The number of methoxy groups -OCH3 is 1. The molecular weight excluding hydrogens is 286 g/mol. The largest absolute Gasteiger partial charge is 0.505 e. The van der Waals surface area contributed by atoms with Crippen LogP contribution in [0.25, 0.3) is 0 Å². The van der Waals surface area contributed by atoms with Crippen LogP contribution in [0, 0.1) is 0 Å². The van der Waals surface area contributed by atoms with E-state index in [-0.39, 0.29) is 6.04 Å². The second-order valence-electron chi connectivity index (χ2n) is 5.44. The average Bonchev–Trinajstić information content (AvgIpc) is 2.41. The van der Waals surface area contributed by atoms with E-state index >= 15 is 0 Å². The predicted molar refractivity (Wildman–Crippen MR) is 86.5 cm³/mol. The fourth-order valence-corrected chi connectivity index (χ4v) is 2.40. The van der Waals surface area contributed by atoms with Crippen molar-refractivity contribution in [2.75, 3.05) is 12.9 Å². The highest BCUT2D eigenvalue weighted by molar-refractivity contribution is 7.99. The van der Waals surface area contributed by atoms with Gasteiger partial charge in [-0.25, -0.2) is 4.79 Å². The SMILES string of the molecule is CO/C=C/[C@H](CSc1ccccc1)NC(=O)OC(C)(C)C. The van der Waals surface area contributed by atoms with Crippen molar-refractivity contribution in [1.29, 1.82) is 0 Å². The van der Waals surface area contributed by atoms with Crippen LogP contribution < -0.4 is 5.32 Å². The summed E-state index contributed by atoms with van der Waals surface area (Å²) in [6.45, 7) is 5.52. The maximum absolute atomic E-state index is 11.8. The molecule has 0 saturated heterocycles. The molecule has 0 spiro atoms. The number of alkyl carbamates (subject to hydrolysis) is 1. The molecule has 0 aromatic heterocycles. The van der Waals surface area contributed by atoms with E-state index in [2.05, 4.69) is 5.32 Å². The Hall–Kier alpha value is -1.62. The Kier molecular flexibility index (Phi) is 7.15. The third kappa shape index (κ3) is 8.30. The molecule has 1 amide bonds. The summed E-state index contributed by atoms with van der Waals surface area (Å²) in [5.74, 6) is 0.698. The monoisotopic (exact) mass is 309 g/mol. The lowest BCUT2D eigenvalue weighted by atomic mass is 10.2. The third-order valence-corrected chi connectivity index (χ3v) is 3.45. The van der Waals surface area contributed by atoms with E-state index in [0.717, 1.165) is 4.90 Å². The first-order valence-electron chi connectivity index (χ1n) is 6.77. The maximum atomic E-state index is 11.8. The van der Waals surface area contributed by atoms with Crippen molar-refractivity contribution in [2.45, 2.75) is 37.3 Å². The highest BCUT2D eigenvalue weighted by Gasteiger charge is 2.18. The molecule has 1 rings (SSSR count). The van der Waals surface area contributed by atoms with E-state index in [1.54, 1.807) is 31.2 Å². The summed E-state index contributed by atoms with van der Waals surface area (Å²) in [6, 6.07) is 9.87. The lowest BCUT2D eigenvalue weighted by molar-refractivity contribution is 0.0518. The third-order valence-electron chi connectivity index (χ3n) is 2.32. The van der Waals surface area contributed by atoms with Crippen LogP contribution in [-0.4, -0.2) is 30.6 Å². The maximum Gasteiger partial charge on any atom is 0.408 e. The molecule has 1 atom stereocenters. The van der Waals surface area contributed by atoms with E-state index in [4.69, 9.17) is 9.47 Å². The Morgan fingerprint density at radius 2 is 2.00 bits per heavy atom. The van der Waals surface area contributed by atoms with Crippen molar-refractivity contribution in [3.63, 3.8) is 0 Å². The van der Waals surface area contributed by atoms with Crippen LogP contribution in [0.5, 0.6) is 0 Å². The Balaban J connectivity index is 2.55. The fraction of sp³-hybridized carbons (Fsp3) is 0.438. The van der Waals surface area contributed by atoms with Gasteiger partial charge in [0.25, 0.3) is 0 Å². The number of hydrogen-bond donors (Lipinski definition) is 1. The molecule has 0 saturated carbocycles. The van der Waals surface area contributed by atoms with E-state index in [1.807, 2.05) is 51.1 Å². The molecule has 0 bridgehead atoms. The van der Waals surface area contributed by atoms with Crippen molar-refractivity contribution < 1.29 is 14.3 Å². The number of rotatable bonds is 6. The van der Waals surface area contributed by atoms with Gasteiger partial charge in [-0.2, -0.15) is 0 Å². The van der Waals surface area contributed by atoms with Gasteiger partial charge >= 0.3 is 6.09 Å². The quantitative estimate of drug-likeness (QED) is 0.641. The van der Waals surface area contributed by atoms with Crippen LogP contribution in [0.15, 0.2) is 47.6 Å². The van der Waals surface area contributed by atoms with Crippen LogP contribution in [0.3, 0.4) is 0 Å². The molecule has 116 valence electrons. The summed E-state index contributed by atoms with van der Waals surface area (Å²) < 4.78 is 10.2. The smallest absolute Gasteiger partial charge is 0.408 e. The molecule has 0 aliphatic heterocycles. The van der Waals surface area contributed by atoms with Crippen molar-refractivity contribution in [3.05, 3.63) is 42.7 Å². The number of nitrogens with one attached hydrogen (secondary N) is 1. The molecule has 0 aliphatic rings. The first kappa shape index (κ1) is 17.4. The number of ether oxygens (including phenoxy) is 2. The Morgan fingerprint density at radius 3 is 2.57 bits per heavy atom. The minimum atomic E-state index is -0.508. The summed E-state index contributed by atoms with van der Waals surface area (Å²) in [7, 11) is 1.57. The molecule has 0 heterocycles. The zero-order valence-electron chi connectivity index (χ0n) is 13.0. The molecule has 0 radical (unpaired) electrons. The van der Waals surface area contributed by atoms with Gasteiger partial charge in [-0.05, 0) is 39.0 Å². The normalized spacial score (nSPS) is 13.0. The van der Waals surface area contributed by atoms with Crippen LogP contribution >= 0.6 is 11.8 Å². The second-order valence-corrected chi connectivity index (χ2v) is 6.53. The first-order valence-corrected chi connectivity index (χ1v) is 7.76. The molecule has 5 heteroatoms. The number of hydrogen-bond acceptors (Lipinski definition) is 4. The highest BCUT2D eigenvalue weighted by atomic mass is 32.2. The Morgan fingerprint density at radius 1 is 1.33 bits per heavy atom. The highest BCUT2D eigenvalue weighted by Crippen LogP contribution is 2.18. The molecule has 1 N–H and O–H groups in total. The van der Waals surface area contributed by atoms with Crippen molar-refractivity contribution >= 4 is 17.9 Å². The molecule has 0 unspecified atom stereocenters. The second kappa shape index (κ2) is 8.62.